The number of para-hydroxylation sites is 1. The monoisotopic (exact) mass is 1030 g/mol. The van der Waals surface area contributed by atoms with E-state index >= 15 is 0 Å². The first kappa shape index (κ1) is 54.2. The second-order valence-corrected chi connectivity index (χ2v) is 20.2. The highest BCUT2D eigenvalue weighted by atomic mass is 16.7. The van der Waals surface area contributed by atoms with Crippen LogP contribution in [0, 0.1) is 30.6 Å². The number of amides is 2. The number of piperazine rings is 1. The predicted molar refractivity (Wildman–Crippen MR) is 280 cm³/mol. The van der Waals surface area contributed by atoms with E-state index in [4.69, 9.17) is 33.1 Å². The molecule has 9 atom stereocenters. The summed E-state index contributed by atoms with van der Waals surface area (Å²) in [6.07, 6.45) is 3.51. The number of fused-ring (bicyclic) bond motifs is 2. The molecule has 3 aliphatic rings. The van der Waals surface area contributed by atoms with E-state index in [1.54, 1.807) is 65.0 Å². The highest BCUT2D eigenvalue weighted by molar-refractivity contribution is 6.26. The highest BCUT2D eigenvalue weighted by Crippen LogP contribution is 2.49. The summed E-state index contributed by atoms with van der Waals surface area (Å²) in [5, 5.41) is 37.7. The third-order valence-electron chi connectivity index (χ3n) is 14.9. The molecule has 18 heteroatoms. The second-order valence-electron chi connectivity index (χ2n) is 20.2. The molecule has 398 valence electrons. The van der Waals surface area contributed by atoms with Gasteiger partial charge in [-0.1, -0.05) is 76.3 Å². The number of nitrogens with one attached hydrogen (secondary N) is 1. The average Bonchev–Trinajstić information content (AvgIpc) is 3.65. The molecule has 0 aliphatic carbocycles. The molecule has 0 unspecified atom stereocenters. The molecule has 1 fully saturated rings. The van der Waals surface area contributed by atoms with Gasteiger partial charge >= 0.3 is 11.8 Å². The third kappa shape index (κ3) is 10.7. The van der Waals surface area contributed by atoms with Crippen LogP contribution >= 0.6 is 0 Å². The Labute approximate surface area is 434 Å². The van der Waals surface area contributed by atoms with Gasteiger partial charge in [0, 0.05) is 101 Å². The first-order chi connectivity index (χ1) is 35.6. The van der Waals surface area contributed by atoms with Crippen molar-refractivity contribution in [1.82, 2.24) is 14.8 Å². The van der Waals surface area contributed by atoms with Crippen LogP contribution < -0.4 is 20.2 Å². The molecule has 4 bridgehead atoms. The lowest BCUT2D eigenvalue weighted by Crippen LogP contribution is -2.47. The molecule has 3 aliphatic heterocycles. The predicted octanol–water partition coefficient (Wildman–Crippen LogP) is 7.24. The van der Waals surface area contributed by atoms with Crippen LogP contribution in [-0.2, 0) is 41.7 Å². The molecular formula is C57H66N4O14. The Morgan fingerprint density at radius 2 is 1.60 bits per heavy atom. The number of aromatic nitrogens is 1. The zero-order chi connectivity index (χ0) is 54.2. The van der Waals surface area contributed by atoms with E-state index < -0.39 is 82.7 Å². The topological polar surface area (TPSA) is 237 Å². The quantitative estimate of drug-likeness (QED) is 0.0544. The molecule has 4 heterocycles. The van der Waals surface area contributed by atoms with Crippen LogP contribution in [-0.4, -0.2) is 117 Å². The summed E-state index contributed by atoms with van der Waals surface area (Å²) in [5.41, 5.74) is 1.07. The van der Waals surface area contributed by atoms with Gasteiger partial charge < -0.3 is 53.6 Å². The molecule has 4 aromatic carbocycles. The van der Waals surface area contributed by atoms with E-state index in [1.807, 2.05) is 23.1 Å². The number of phenolic OH excluding ortho intramolecular Hbond substituents is 1. The van der Waals surface area contributed by atoms with Crippen LogP contribution in [0.15, 0.2) is 87.8 Å². The number of methoxy groups -OCH3 is 1. The fraction of sp³-hybridized carbons (Fsp3) is 0.439. The number of nitrogens with zero attached hydrogens (tertiary/aromatic N) is 3. The van der Waals surface area contributed by atoms with E-state index in [9.17, 15) is 39.3 Å². The summed E-state index contributed by atoms with van der Waals surface area (Å²) in [5.74, 6) is -7.13. The molecule has 1 aromatic heterocycles. The van der Waals surface area contributed by atoms with Gasteiger partial charge in [0.2, 0.25) is 5.91 Å². The number of ketones is 1. The zero-order valence-electron chi connectivity index (χ0n) is 44.0. The van der Waals surface area contributed by atoms with Crippen LogP contribution in [0.4, 0.5) is 5.69 Å². The van der Waals surface area contributed by atoms with E-state index in [2.05, 4.69) is 16.3 Å². The first-order valence-electron chi connectivity index (χ1n) is 25.2. The number of hydrogen-bond acceptors (Lipinski definition) is 16. The zero-order valence-corrected chi connectivity index (χ0v) is 44.0. The molecule has 0 saturated carbocycles. The molecule has 2 amide bonds. The number of carbonyl (C=O) groups excluding carboxylic acids is 4. The second kappa shape index (κ2) is 22.0. The van der Waals surface area contributed by atoms with Crippen molar-refractivity contribution in [3.05, 3.63) is 111 Å². The largest absolute Gasteiger partial charge is 0.505 e. The standard InChI is InChI=1S/C57H66N4O14/c1-29-14-11-15-30(2)56(69)59-47-51(67)43-42(46-54(47)74-41-19-13-18-40(45(41)58-46)71-28-38-17-12-16-37(26-38)27-60-21-23-61(24-22-60)35(7)62)44-53(34(6)50(43)66)75-57(9,55(44)68)72-25-20-39(70-10)31(3)52(73-36(8)63)33(5)49(65)32(4)48(29)64/h11-20,25-26,29,31-33,39,48-49,52,64-65,67H,21-24,27-28H2,1-10H3,(H,59,69)/b14-11+,25-20+,30-15-/t29-,31+,32+,33+,39-,48-,49+,52+,57-/m0/s1. The number of phenols is 1. The maximum atomic E-state index is 15.0. The van der Waals surface area contributed by atoms with Crippen LogP contribution in [0.1, 0.15) is 82.4 Å². The molecule has 75 heavy (non-hydrogen) atoms. The lowest BCUT2D eigenvalue weighted by atomic mass is 9.78. The van der Waals surface area contributed by atoms with E-state index in [0.717, 1.165) is 24.2 Å². The first-order valence-corrected chi connectivity index (χ1v) is 25.2. The molecule has 8 rings (SSSR count). The van der Waals surface area contributed by atoms with Crippen LogP contribution in [0.5, 0.6) is 17.2 Å². The van der Waals surface area contributed by atoms with Crippen LogP contribution in [0.25, 0.3) is 33.0 Å². The van der Waals surface area contributed by atoms with Crippen molar-refractivity contribution in [2.24, 2.45) is 23.7 Å². The minimum absolute atomic E-state index is 0.0335. The Kier molecular flexibility index (Phi) is 15.9. The number of hydrogen-bond donors (Lipinski definition) is 4. The smallest absolute Gasteiger partial charge is 0.312 e. The van der Waals surface area contributed by atoms with Gasteiger partial charge in [-0.05, 0) is 43.2 Å². The number of rotatable bonds is 7. The summed E-state index contributed by atoms with van der Waals surface area (Å²) in [7, 11) is 1.44. The molecule has 1 saturated heterocycles. The minimum Gasteiger partial charge on any atom is -0.505 e. The van der Waals surface area contributed by atoms with E-state index in [1.165, 1.54) is 53.2 Å². The maximum Gasteiger partial charge on any atom is 0.312 e. The Balaban J connectivity index is 1.25. The number of aliphatic hydroxyl groups is 2. The number of aliphatic hydroxyl groups excluding tert-OH is 2. The van der Waals surface area contributed by atoms with Gasteiger partial charge in [0.25, 0.3) is 11.7 Å². The number of esters is 1. The Morgan fingerprint density at radius 1 is 0.893 bits per heavy atom. The Hall–Kier alpha value is -7.12. The number of allylic oxidation sites excluding steroid dienone is 2. The van der Waals surface area contributed by atoms with E-state index in [-0.39, 0.29) is 73.6 Å². The van der Waals surface area contributed by atoms with Gasteiger partial charge in [0.05, 0.1) is 35.5 Å². The Morgan fingerprint density at radius 3 is 2.29 bits per heavy atom. The number of aromatic hydroxyl groups is 1. The maximum absolute atomic E-state index is 15.0. The number of anilines is 1. The van der Waals surface area contributed by atoms with Crippen molar-refractivity contribution >= 4 is 62.2 Å². The van der Waals surface area contributed by atoms with Crippen LogP contribution in [0.3, 0.4) is 0 Å². The summed E-state index contributed by atoms with van der Waals surface area (Å²) in [6.45, 7) is 17.8. The fourth-order valence-corrected chi connectivity index (χ4v) is 10.4. The van der Waals surface area contributed by atoms with Crippen molar-refractivity contribution in [3.63, 3.8) is 0 Å². The SMILES string of the molecule is CO[C@H]1/C=C/O[C@@]2(C)Oc3c(C)c(=O)c4c(O)c(c5oc6cccc(OCc7cccc(CN8CCN(C(C)=O)CC8)c7)c6nc5c4c3C2=O)NC(=O)/C(C)=C\C=C\[C@H](C)[C@H](O)[C@@H](C)[C@@H](O)[C@@H](C)[C@H](OC(C)=O)[C@@H]1C. The van der Waals surface area contributed by atoms with Gasteiger partial charge in [-0.3, -0.25) is 28.9 Å². The van der Waals surface area contributed by atoms with Gasteiger partial charge in [0.15, 0.2) is 22.3 Å². The van der Waals surface area contributed by atoms with Crippen molar-refractivity contribution in [2.75, 3.05) is 38.6 Å². The Bertz CT molecular complexity index is 3210. The summed E-state index contributed by atoms with van der Waals surface area (Å²) < 4.78 is 37.1. The summed E-state index contributed by atoms with van der Waals surface area (Å²) >= 11 is 0. The molecule has 4 N–H and O–H groups in total. The van der Waals surface area contributed by atoms with Crippen LogP contribution in [0.2, 0.25) is 0 Å². The van der Waals surface area contributed by atoms with Gasteiger partial charge in [-0.15, -0.1) is 0 Å². The average molecular weight is 1030 g/mol. The number of benzene rings is 4. The fourth-order valence-electron chi connectivity index (χ4n) is 10.4. The van der Waals surface area contributed by atoms with Gasteiger partial charge in [-0.25, -0.2) is 4.98 Å². The van der Waals surface area contributed by atoms with Crippen molar-refractivity contribution in [3.8, 4) is 17.2 Å². The number of ether oxygens (including phenoxy) is 5. The molecule has 0 radical (unpaired) electrons. The van der Waals surface area contributed by atoms with Crippen molar-refractivity contribution in [2.45, 2.75) is 106 Å². The molecular weight excluding hydrogens is 965 g/mol. The third-order valence-corrected chi connectivity index (χ3v) is 14.9. The van der Waals surface area contributed by atoms with Gasteiger partial charge in [0.1, 0.15) is 40.9 Å². The van der Waals surface area contributed by atoms with E-state index in [0.29, 0.717) is 25.4 Å². The summed E-state index contributed by atoms with van der Waals surface area (Å²) in [6, 6.07) is 13.0. The minimum atomic E-state index is -2.09. The van der Waals surface area contributed by atoms with Crippen molar-refractivity contribution in [1.29, 1.82) is 0 Å². The van der Waals surface area contributed by atoms with Gasteiger partial charge in [-0.2, -0.15) is 0 Å². The normalized spacial score (nSPS) is 27.6. The molecule has 0 spiro atoms. The lowest BCUT2D eigenvalue weighted by molar-refractivity contribution is -0.160. The lowest BCUT2D eigenvalue weighted by Gasteiger charge is -2.38. The molecule has 18 nitrogen and oxygen atoms in total. The number of carbonyl (C=O) groups is 4. The summed E-state index contributed by atoms with van der Waals surface area (Å²) in [4.78, 5) is 77.3. The van der Waals surface area contributed by atoms with Crippen molar-refractivity contribution < 1.29 is 62.6 Å². The molecule has 5 aromatic rings. The highest BCUT2D eigenvalue weighted by Gasteiger charge is 2.50. The number of Topliss-reactive ketones (excluding diaryl/α,β-unsaturated/α-hetero) is 1.